The number of piperidine rings is 1. The number of Topliss-reactive ketones (excluding diaryl/α,β-unsaturated/α-hetero) is 1. The van der Waals surface area contributed by atoms with Crippen molar-refractivity contribution < 1.29 is 9.53 Å². The molecule has 2 fully saturated rings. The summed E-state index contributed by atoms with van der Waals surface area (Å²) >= 11 is 1.52. The van der Waals surface area contributed by atoms with Gasteiger partial charge in [0.2, 0.25) is 0 Å². The fraction of sp³-hybridized carbons (Fsp3) is 0.688. The van der Waals surface area contributed by atoms with Gasteiger partial charge in [-0.1, -0.05) is 13.8 Å². The number of thiophene rings is 1. The maximum Gasteiger partial charge on any atom is 0.178 e. The summed E-state index contributed by atoms with van der Waals surface area (Å²) in [6.45, 7) is 6.62. The molecular weight excluding hydrogens is 284 g/mol. The Morgan fingerprint density at radius 1 is 1.29 bits per heavy atom. The lowest BCUT2D eigenvalue weighted by atomic mass is 9.89. The molecule has 21 heavy (non-hydrogen) atoms. The first-order valence-electron chi connectivity index (χ1n) is 7.78. The third-order valence-corrected chi connectivity index (χ3v) is 6.14. The second-order valence-corrected chi connectivity index (χ2v) is 7.51. The van der Waals surface area contributed by atoms with E-state index < -0.39 is 0 Å². The molecule has 3 rings (SSSR count). The van der Waals surface area contributed by atoms with E-state index in [1.165, 1.54) is 17.8 Å². The largest absolute Gasteiger partial charge is 0.492 e. The molecule has 0 amide bonds. The second kappa shape index (κ2) is 5.52. The molecular formula is C16H24N2O2S. The summed E-state index contributed by atoms with van der Waals surface area (Å²) < 4.78 is 5.51. The van der Waals surface area contributed by atoms with Gasteiger partial charge in [0.15, 0.2) is 11.5 Å². The summed E-state index contributed by atoms with van der Waals surface area (Å²) in [7, 11) is 1.64. The highest BCUT2D eigenvalue weighted by Gasteiger charge is 2.36. The van der Waals surface area contributed by atoms with Crippen LogP contribution in [0.2, 0.25) is 0 Å². The molecule has 1 aromatic heterocycles. The molecule has 2 atom stereocenters. The van der Waals surface area contributed by atoms with Crippen LogP contribution in [0.5, 0.6) is 5.75 Å². The molecule has 0 radical (unpaired) electrons. The van der Waals surface area contributed by atoms with Crippen LogP contribution in [0.4, 0.5) is 10.7 Å². The summed E-state index contributed by atoms with van der Waals surface area (Å²) in [5.41, 5.74) is 6.73. The Bertz CT molecular complexity index is 551. The number of nitrogens with zero attached hydrogens (tertiary/aromatic N) is 1. The lowest BCUT2D eigenvalue weighted by molar-refractivity contribution is 0.0972. The number of ketones is 1. The number of anilines is 2. The van der Waals surface area contributed by atoms with Gasteiger partial charge >= 0.3 is 0 Å². The minimum absolute atomic E-state index is 0.198. The molecule has 2 N–H and O–H groups in total. The molecule has 0 aromatic carbocycles. The molecule has 2 unspecified atom stereocenters. The highest BCUT2D eigenvalue weighted by molar-refractivity contribution is 7.19. The number of methoxy groups -OCH3 is 1. The molecule has 116 valence electrons. The first-order chi connectivity index (χ1) is 10.0. The third-order valence-electron chi connectivity index (χ3n) is 4.88. The van der Waals surface area contributed by atoms with E-state index in [1.807, 2.05) is 0 Å². The number of nitrogen functional groups attached to an aromatic ring is 1. The van der Waals surface area contributed by atoms with Crippen LogP contribution in [0.3, 0.4) is 0 Å². The van der Waals surface area contributed by atoms with E-state index in [9.17, 15) is 4.79 Å². The predicted octanol–water partition coefficient (Wildman–Crippen LogP) is 3.41. The van der Waals surface area contributed by atoms with Crippen LogP contribution in [-0.4, -0.2) is 26.0 Å². The van der Waals surface area contributed by atoms with E-state index in [0.717, 1.165) is 36.9 Å². The Hall–Kier alpha value is -1.23. The SMILES string of the molecule is COc1c(N2CCC(C)C(C)C2)sc(C(=O)C2CC2)c1N. The topological polar surface area (TPSA) is 55.6 Å². The van der Waals surface area contributed by atoms with Crippen molar-refractivity contribution in [2.75, 3.05) is 30.8 Å². The van der Waals surface area contributed by atoms with Crippen LogP contribution >= 0.6 is 11.3 Å². The fourth-order valence-corrected chi connectivity index (χ4v) is 4.23. The summed E-state index contributed by atoms with van der Waals surface area (Å²) in [5, 5.41) is 1.04. The fourth-order valence-electron chi connectivity index (χ4n) is 2.98. The number of carbonyl (C=O) groups is 1. The van der Waals surface area contributed by atoms with Gasteiger partial charge in [-0.15, -0.1) is 11.3 Å². The highest BCUT2D eigenvalue weighted by atomic mass is 32.1. The number of carbonyl (C=O) groups excluding carboxylic acids is 1. The maximum atomic E-state index is 12.4. The molecule has 1 aliphatic heterocycles. The van der Waals surface area contributed by atoms with Gasteiger partial charge in [-0.2, -0.15) is 0 Å². The molecule has 1 saturated heterocycles. The molecule has 1 aliphatic carbocycles. The molecule has 2 heterocycles. The zero-order chi connectivity index (χ0) is 15.1. The Kier molecular flexibility index (Phi) is 3.86. The Morgan fingerprint density at radius 2 is 2.00 bits per heavy atom. The van der Waals surface area contributed by atoms with Crippen molar-refractivity contribution in [2.24, 2.45) is 17.8 Å². The minimum atomic E-state index is 0.198. The zero-order valence-corrected chi connectivity index (χ0v) is 13.8. The molecule has 4 nitrogen and oxygen atoms in total. The molecule has 1 aromatic rings. The number of ether oxygens (including phenoxy) is 1. The van der Waals surface area contributed by atoms with Crippen molar-refractivity contribution in [3.05, 3.63) is 4.88 Å². The Labute approximate surface area is 130 Å². The van der Waals surface area contributed by atoms with Gasteiger partial charge in [0, 0.05) is 19.0 Å². The second-order valence-electron chi connectivity index (χ2n) is 6.51. The van der Waals surface area contributed by atoms with Crippen LogP contribution in [-0.2, 0) is 0 Å². The van der Waals surface area contributed by atoms with Crippen LogP contribution in [0.25, 0.3) is 0 Å². The molecule has 2 aliphatic rings. The molecule has 0 bridgehead atoms. The smallest absolute Gasteiger partial charge is 0.178 e. The third kappa shape index (κ3) is 2.63. The van der Waals surface area contributed by atoms with Crippen LogP contribution in [0, 0.1) is 17.8 Å². The summed E-state index contributed by atoms with van der Waals surface area (Å²) in [5.74, 6) is 2.50. The van der Waals surface area contributed by atoms with Crippen LogP contribution in [0.1, 0.15) is 42.8 Å². The van der Waals surface area contributed by atoms with Crippen molar-refractivity contribution >= 4 is 27.8 Å². The molecule has 1 saturated carbocycles. The van der Waals surface area contributed by atoms with Crippen molar-refractivity contribution in [1.29, 1.82) is 0 Å². The van der Waals surface area contributed by atoms with Crippen LogP contribution < -0.4 is 15.4 Å². The van der Waals surface area contributed by atoms with E-state index in [-0.39, 0.29) is 11.7 Å². The number of hydrogen-bond acceptors (Lipinski definition) is 5. The average molecular weight is 308 g/mol. The van der Waals surface area contributed by atoms with Crippen LogP contribution in [0.15, 0.2) is 0 Å². The first-order valence-corrected chi connectivity index (χ1v) is 8.60. The van der Waals surface area contributed by atoms with Crippen molar-refractivity contribution in [2.45, 2.75) is 33.1 Å². The van der Waals surface area contributed by atoms with Crippen molar-refractivity contribution in [3.63, 3.8) is 0 Å². The number of hydrogen-bond donors (Lipinski definition) is 1. The number of rotatable bonds is 4. The van der Waals surface area contributed by atoms with Gasteiger partial charge in [0.05, 0.1) is 17.7 Å². The van der Waals surface area contributed by atoms with Crippen molar-refractivity contribution in [1.82, 2.24) is 0 Å². The summed E-state index contributed by atoms with van der Waals surface area (Å²) in [4.78, 5) is 15.4. The van der Waals surface area contributed by atoms with E-state index >= 15 is 0 Å². The summed E-state index contributed by atoms with van der Waals surface area (Å²) in [6.07, 6.45) is 3.19. The molecule has 0 spiro atoms. The number of nitrogens with two attached hydrogens (primary N) is 1. The highest BCUT2D eigenvalue weighted by Crippen LogP contribution is 2.48. The standard InChI is InChI=1S/C16H24N2O2S/c1-9-6-7-18(8-10(9)2)16-14(20-3)12(17)15(21-16)13(19)11-4-5-11/h9-11H,4-8,17H2,1-3H3. The lowest BCUT2D eigenvalue weighted by Gasteiger charge is -2.36. The van der Waals surface area contributed by atoms with E-state index in [0.29, 0.717) is 22.2 Å². The lowest BCUT2D eigenvalue weighted by Crippen LogP contribution is -2.38. The van der Waals surface area contributed by atoms with E-state index in [1.54, 1.807) is 7.11 Å². The normalized spacial score (nSPS) is 26.0. The average Bonchev–Trinajstić information content (AvgIpc) is 3.25. The first kappa shape index (κ1) is 14.7. The van der Waals surface area contributed by atoms with Gasteiger partial charge in [-0.05, 0) is 31.1 Å². The van der Waals surface area contributed by atoms with Crippen molar-refractivity contribution in [3.8, 4) is 5.75 Å². The van der Waals surface area contributed by atoms with Gasteiger partial charge < -0.3 is 15.4 Å². The van der Waals surface area contributed by atoms with Gasteiger partial charge in [0.1, 0.15) is 5.00 Å². The Morgan fingerprint density at radius 3 is 2.57 bits per heavy atom. The minimum Gasteiger partial charge on any atom is -0.492 e. The Balaban J connectivity index is 1.90. The monoisotopic (exact) mass is 308 g/mol. The maximum absolute atomic E-state index is 12.4. The summed E-state index contributed by atoms with van der Waals surface area (Å²) in [6, 6.07) is 0. The van der Waals surface area contributed by atoms with E-state index in [2.05, 4.69) is 18.7 Å². The quantitative estimate of drug-likeness (QED) is 0.866. The van der Waals surface area contributed by atoms with Gasteiger partial charge in [-0.3, -0.25) is 4.79 Å². The predicted molar refractivity (Wildman–Crippen MR) is 87.5 cm³/mol. The van der Waals surface area contributed by atoms with Gasteiger partial charge in [-0.25, -0.2) is 0 Å². The zero-order valence-electron chi connectivity index (χ0n) is 13.0. The molecule has 5 heteroatoms. The van der Waals surface area contributed by atoms with Gasteiger partial charge in [0.25, 0.3) is 0 Å². The van der Waals surface area contributed by atoms with E-state index in [4.69, 9.17) is 10.5 Å².